The summed E-state index contributed by atoms with van der Waals surface area (Å²) in [7, 11) is 0. The van der Waals surface area contributed by atoms with Crippen LogP contribution in [0.25, 0.3) is 0 Å². The number of carbonyl (C=O) groups is 4. The molecule has 0 unspecified atom stereocenters. The third-order valence-electron chi connectivity index (χ3n) is 8.14. The number of fused-ring (bicyclic) bond motifs is 4. The first-order valence-electron chi connectivity index (χ1n) is 17.1. The molecule has 2 aliphatic rings. The van der Waals surface area contributed by atoms with E-state index in [0.717, 1.165) is 0 Å². The number of rotatable bonds is 10. The molecule has 0 aliphatic carbocycles. The molecule has 0 saturated heterocycles. The molecule has 0 bridgehead atoms. The summed E-state index contributed by atoms with van der Waals surface area (Å²) in [5.41, 5.74) is 2.37. The Bertz CT molecular complexity index is 2300. The molecule has 7 rings (SSSR count). The minimum Gasteiger partial charge on any atom is -0.492 e. The molecule has 0 radical (unpaired) electrons. The van der Waals surface area contributed by atoms with Crippen LogP contribution in [0.15, 0.2) is 94.9 Å². The number of ether oxygens (including phenoxy) is 4. The van der Waals surface area contributed by atoms with Crippen LogP contribution in [0.3, 0.4) is 0 Å². The van der Waals surface area contributed by atoms with E-state index in [1.54, 1.807) is 86.6 Å². The van der Waals surface area contributed by atoms with Gasteiger partial charge in [-0.2, -0.15) is 0 Å². The summed E-state index contributed by atoms with van der Waals surface area (Å²) < 4.78 is 24.7. The predicted molar refractivity (Wildman–Crippen MR) is 201 cm³/mol. The van der Waals surface area contributed by atoms with E-state index in [0.29, 0.717) is 45.4 Å². The van der Waals surface area contributed by atoms with E-state index in [9.17, 15) is 19.2 Å². The maximum absolute atomic E-state index is 13.2. The first-order valence-corrected chi connectivity index (χ1v) is 17.1. The molecule has 0 spiro atoms. The van der Waals surface area contributed by atoms with Gasteiger partial charge in [0.25, 0.3) is 11.8 Å². The van der Waals surface area contributed by atoms with E-state index in [1.165, 1.54) is 13.8 Å². The SMILES string of the molecule is CCOc1cc2c(cc1NC(=O)c1ccccc1)Oc1c(NC(C)=O)c3c(c(NC(C)=O)c1=N2)Oc1cc(NC(=O)c2ccccc2)c(OCC)cc1N=3. The average molecular weight is 727 g/mol. The van der Waals surface area contributed by atoms with Gasteiger partial charge in [0.15, 0.2) is 23.0 Å². The average Bonchev–Trinajstić information content (AvgIpc) is 3.16. The van der Waals surface area contributed by atoms with Gasteiger partial charge in [0, 0.05) is 49.2 Å². The molecule has 14 heteroatoms. The van der Waals surface area contributed by atoms with Crippen molar-refractivity contribution in [2.75, 3.05) is 34.5 Å². The highest BCUT2D eigenvalue weighted by Crippen LogP contribution is 2.48. The molecule has 272 valence electrons. The van der Waals surface area contributed by atoms with Crippen LogP contribution in [0, 0.1) is 0 Å². The van der Waals surface area contributed by atoms with Crippen LogP contribution in [0.2, 0.25) is 0 Å². The topological polar surface area (TPSA) is 178 Å². The third kappa shape index (κ3) is 6.99. The van der Waals surface area contributed by atoms with Crippen molar-refractivity contribution in [2.24, 2.45) is 9.98 Å². The number of anilines is 4. The Hall–Kier alpha value is -7.22. The first kappa shape index (κ1) is 35.2. The summed E-state index contributed by atoms with van der Waals surface area (Å²) >= 11 is 0. The smallest absolute Gasteiger partial charge is 0.255 e. The molecule has 2 heterocycles. The van der Waals surface area contributed by atoms with Crippen molar-refractivity contribution < 1.29 is 38.1 Å². The fourth-order valence-electron chi connectivity index (χ4n) is 5.89. The van der Waals surface area contributed by atoms with Crippen LogP contribution in [0.5, 0.6) is 34.5 Å². The van der Waals surface area contributed by atoms with Gasteiger partial charge in [-0.05, 0) is 38.1 Å². The summed E-state index contributed by atoms with van der Waals surface area (Å²) in [6.07, 6.45) is 0. The van der Waals surface area contributed by atoms with Crippen molar-refractivity contribution in [3.8, 4) is 34.5 Å². The maximum Gasteiger partial charge on any atom is 0.255 e. The van der Waals surface area contributed by atoms with Crippen molar-refractivity contribution in [3.63, 3.8) is 0 Å². The van der Waals surface area contributed by atoms with E-state index in [4.69, 9.17) is 28.9 Å². The Morgan fingerprint density at radius 3 is 1.31 bits per heavy atom. The molecule has 5 aromatic carbocycles. The molecule has 4 N–H and O–H groups in total. The molecule has 0 saturated carbocycles. The first-order chi connectivity index (χ1) is 26.1. The Balaban J connectivity index is 1.39. The lowest BCUT2D eigenvalue weighted by Gasteiger charge is -2.25. The van der Waals surface area contributed by atoms with Crippen LogP contribution < -0.4 is 50.9 Å². The zero-order valence-corrected chi connectivity index (χ0v) is 29.7. The van der Waals surface area contributed by atoms with Crippen molar-refractivity contribution in [3.05, 3.63) is 107 Å². The molecular formula is C40H34N6O8. The molecular weight excluding hydrogens is 692 g/mol. The molecule has 4 amide bonds. The number of hydrogen-bond acceptors (Lipinski definition) is 10. The molecule has 54 heavy (non-hydrogen) atoms. The van der Waals surface area contributed by atoms with Gasteiger partial charge < -0.3 is 40.2 Å². The Morgan fingerprint density at radius 2 is 0.963 bits per heavy atom. The fraction of sp³-hybridized carbons (Fsp3) is 0.150. The normalized spacial score (nSPS) is 11.6. The Morgan fingerprint density at radius 1 is 0.574 bits per heavy atom. The molecule has 14 nitrogen and oxygen atoms in total. The highest BCUT2D eigenvalue weighted by atomic mass is 16.5. The fourth-order valence-corrected chi connectivity index (χ4v) is 5.89. The van der Waals surface area contributed by atoms with Gasteiger partial charge in [-0.15, -0.1) is 0 Å². The molecule has 2 aliphatic heterocycles. The van der Waals surface area contributed by atoms with Gasteiger partial charge in [-0.3, -0.25) is 19.2 Å². The van der Waals surface area contributed by atoms with Crippen LogP contribution in [0.4, 0.5) is 34.1 Å². The Kier molecular flexibility index (Phi) is 9.64. The minimum absolute atomic E-state index is 0.0669. The lowest BCUT2D eigenvalue weighted by atomic mass is 10.1. The van der Waals surface area contributed by atoms with Crippen molar-refractivity contribution in [1.82, 2.24) is 0 Å². The van der Waals surface area contributed by atoms with Gasteiger partial charge in [0.2, 0.25) is 11.8 Å². The summed E-state index contributed by atoms with van der Waals surface area (Å²) in [4.78, 5) is 61.4. The second-order valence-corrected chi connectivity index (χ2v) is 12.0. The van der Waals surface area contributed by atoms with E-state index in [-0.39, 0.29) is 70.1 Å². The number of hydrogen-bond donors (Lipinski definition) is 4. The summed E-state index contributed by atoms with van der Waals surface area (Å²) in [5, 5.41) is 11.6. The largest absolute Gasteiger partial charge is 0.492 e. The third-order valence-corrected chi connectivity index (χ3v) is 8.14. The van der Waals surface area contributed by atoms with Crippen LogP contribution in [-0.4, -0.2) is 36.8 Å². The van der Waals surface area contributed by atoms with Crippen molar-refractivity contribution in [1.29, 1.82) is 0 Å². The number of nitrogens with zero attached hydrogens (tertiary/aromatic N) is 2. The molecule has 0 atom stereocenters. The second kappa shape index (κ2) is 14.8. The van der Waals surface area contributed by atoms with Crippen molar-refractivity contribution in [2.45, 2.75) is 27.7 Å². The lowest BCUT2D eigenvalue weighted by Crippen LogP contribution is -2.29. The number of benzene rings is 5. The quantitative estimate of drug-likeness (QED) is 0.109. The molecule has 0 aromatic heterocycles. The summed E-state index contributed by atoms with van der Waals surface area (Å²) in [6, 6.07) is 23.8. The molecule has 5 aromatic rings. The zero-order valence-electron chi connectivity index (χ0n) is 29.7. The van der Waals surface area contributed by atoms with Crippen molar-refractivity contribution >= 4 is 57.8 Å². The van der Waals surface area contributed by atoms with Crippen LogP contribution in [0.1, 0.15) is 48.4 Å². The monoisotopic (exact) mass is 726 g/mol. The number of carbonyl (C=O) groups excluding carboxylic acids is 4. The van der Waals surface area contributed by atoms with Crippen LogP contribution >= 0.6 is 0 Å². The Labute approximate surface area is 308 Å². The summed E-state index contributed by atoms with van der Waals surface area (Å²) in [5.74, 6) is -0.385. The zero-order chi connectivity index (χ0) is 37.9. The van der Waals surface area contributed by atoms with E-state index < -0.39 is 11.8 Å². The van der Waals surface area contributed by atoms with E-state index in [2.05, 4.69) is 21.3 Å². The van der Waals surface area contributed by atoms with Gasteiger partial charge >= 0.3 is 0 Å². The van der Waals surface area contributed by atoms with Gasteiger partial charge in [0.05, 0.1) is 24.6 Å². The number of amides is 4. The standard InChI is InChI=1S/C40H34N6O8/c1-5-51-29-17-27-31(19-25(29)45-39(49)23-13-9-7-10-14-23)53-37-34(42-22(4)48)36-38(33(35(37)43-27)41-21(3)47)54-32-20-26(30(52-6-2)18-28(32)44-36)46-40(50)24-15-11-8-12-16-24/h7-20H,5-6H2,1-4H3,(H,41,47)(H,42,48)(H,45,49)(H,46,50). The van der Waals surface area contributed by atoms with E-state index >= 15 is 0 Å². The predicted octanol–water partition coefficient (Wildman–Crippen LogP) is 7.02. The van der Waals surface area contributed by atoms with E-state index in [1.807, 2.05) is 12.1 Å². The van der Waals surface area contributed by atoms with Crippen LogP contribution in [-0.2, 0) is 9.59 Å². The van der Waals surface area contributed by atoms with Gasteiger partial charge in [0.1, 0.15) is 45.0 Å². The van der Waals surface area contributed by atoms with Gasteiger partial charge in [-0.1, -0.05) is 36.4 Å². The highest BCUT2D eigenvalue weighted by Gasteiger charge is 2.31. The molecule has 0 fully saturated rings. The maximum atomic E-state index is 13.2. The highest BCUT2D eigenvalue weighted by molar-refractivity contribution is 6.06. The van der Waals surface area contributed by atoms with Gasteiger partial charge in [-0.25, -0.2) is 9.98 Å². The minimum atomic E-state index is -0.446. The number of nitrogens with one attached hydrogen (secondary N) is 4. The lowest BCUT2D eigenvalue weighted by molar-refractivity contribution is -0.115. The second-order valence-electron chi connectivity index (χ2n) is 12.0. The summed E-state index contributed by atoms with van der Waals surface area (Å²) in [6.45, 7) is 6.84.